The fourth-order valence-corrected chi connectivity index (χ4v) is 3.05. The Hall–Kier alpha value is -4.47. The predicted molar refractivity (Wildman–Crippen MR) is 128 cm³/mol. The Morgan fingerprint density at radius 2 is 1.86 bits per heavy atom. The molecule has 0 amide bonds. The van der Waals surface area contributed by atoms with Gasteiger partial charge >= 0.3 is 0 Å². The van der Waals surface area contributed by atoms with Crippen molar-refractivity contribution in [2.24, 2.45) is 0 Å². The maximum Gasteiger partial charge on any atom is 0.233 e. The molecule has 3 heterocycles. The van der Waals surface area contributed by atoms with E-state index in [2.05, 4.69) is 21.8 Å². The second-order valence-corrected chi connectivity index (χ2v) is 8.19. The fourth-order valence-electron chi connectivity index (χ4n) is 3.05. The van der Waals surface area contributed by atoms with E-state index in [-0.39, 0.29) is 43.4 Å². The van der Waals surface area contributed by atoms with Crippen LogP contribution in [0.1, 0.15) is 21.5 Å². The number of hydrogen-bond acceptors (Lipinski definition) is 9. The summed E-state index contributed by atoms with van der Waals surface area (Å²) in [6.45, 7) is -0.756. The van der Waals surface area contributed by atoms with Gasteiger partial charge in [0.15, 0.2) is 5.54 Å². The van der Waals surface area contributed by atoms with Crippen molar-refractivity contribution >= 4 is 5.97 Å². The molecule has 0 atom stereocenters. The summed E-state index contributed by atoms with van der Waals surface area (Å²) < 4.78 is 11.0. The Morgan fingerprint density at radius 3 is 2.35 bits per heavy atom. The first-order valence-corrected chi connectivity index (χ1v) is 11.1. The van der Waals surface area contributed by atoms with Crippen molar-refractivity contribution in [1.29, 1.82) is 5.26 Å². The van der Waals surface area contributed by atoms with E-state index in [1.165, 1.54) is 18.4 Å². The minimum absolute atomic E-state index is 0.0839. The van der Waals surface area contributed by atoms with Crippen LogP contribution < -0.4 is 15.6 Å². The van der Waals surface area contributed by atoms with Gasteiger partial charge in [0.2, 0.25) is 5.88 Å². The van der Waals surface area contributed by atoms with Gasteiger partial charge in [0, 0.05) is 17.3 Å². The van der Waals surface area contributed by atoms with Crippen LogP contribution in [0, 0.1) is 11.3 Å². The van der Waals surface area contributed by atoms with Crippen LogP contribution in [0.5, 0.6) is 5.88 Å². The summed E-state index contributed by atoms with van der Waals surface area (Å²) in [6, 6.07) is 15.6. The number of carbonyl (C=O) groups is 1. The summed E-state index contributed by atoms with van der Waals surface area (Å²) in [5.41, 5.74) is 6.29. The number of aliphatic hydroxyl groups is 3. The quantitative estimate of drug-likeness (QED) is 0.208. The number of ether oxygens (including phenoxy) is 1. The Bertz CT molecular complexity index is 1320. The minimum atomic E-state index is -1.24. The highest BCUT2D eigenvalue weighted by atomic mass is 16.5. The summed E-state index contributed by atoms with van der Waals surface area (Å²) in [5, 5.41) is 45.8. The van der Waals surface area contributed by atoms with Crippen molar-refractivity contribution in [1.82, 2.24) is 9.97 Å². The van der Waals surface area contributed by atoms with Crippen LogP contribution in [0.3, 0.4) is 0 Å². The highest BCUT2D eigenvalue weighted by Gasteiger charge is 2.25. The zero-order valence-electron chi connectivity index (χ0n) is 19.8. The molecule has 4 rings (SSSR count). The molecule has 0 radical (unpaired) electrons. The predicted octanol–water partition coefficient (Wildman–Crippen LogP) is 0.0949. The number of H-pyrrole nitrogens is 1. The van der Waals surface area contributed by atoms with Crippen molar-refractivity contribution in [2.75, 3.05) is 19.8 Å². The SMILES string of the molecule is N#Cc1c(-c2ccoc2)cc(-c2ccc[nH]2)nc1OCc1ccc(C(=O)[O-])cc1.[NH3+]C(CO)(CO)CO. The van der Waals surface area contributed by atoms with Crippen LogP contribution in [-0.2, 0) is 6.61 Å². The highest BCUT2D eigenvalue weighted by molar-refractivity contribution is 5.85. The number of aromatic nitrogens is 2. The maximum absolute atomic E-state index is 10.9. The van der Waals surface area contributed by atoms with E-state index in [1.54, 1.807) is 36.7 Å². The normalized spacial score (nSPS) is 10.8. The van der Waals surface area contributed by atoms with Gasteiger partial charge in [-0.2, -0.15) is 5.26 Å². The number of furan rings is 1. The molecule has 37 heavy (non-hydrogen) atoms. The number of aromatic carboxylic acids is 1. The third kappa shape index (κ3) is 6.81. The molecule has 0 aliphatic rings. The lowest BCUT2D eigenvalue weighted by Gasteiger charge is -2.16. The van der Waals surface area contributed by atoms with Gasteiger partial charge in [-0.1, -0.05) is 24.3 Å². The molecule has 0 bridgehead atoms. The molecule has 0 spiro atoms. The van der Waals surface area contributed by atoms with E-state index in [9.17, 15) is 15.2 Å². The van der Waals surface area contributed by atoms with Crippen LogP contribution in [0.25, 0.3) is 22.5 Å². The number of pyridine rings is 1. The van der Waals surface area contributed by atoms with E-state index >= 15 is 0 Å². The van der Waals surface area contributed by atoms with Gasteiger partial charge in [-0.25, -0.2) is 4.98 Å². The van der Waals surface area contributed by atoms with Crippen molar-refractivity contribution in [3.63, 3.8) is 0 Å². The summed E-state index contributed by atoms with van der Waals surface area (Å²) >= 11 is 0. The Kier molecular flexibility index (Phi) is 9.15. The second kappa shape index (κ2) is 12.5. The monoisotopic (exact) mass is 506 g/mol. The van der Waals surface area contributed by atoms with Crippen LogP contribution in [0.2, 0.25) is 0 Å². The fraction of sp³-hybridized carbons (Fsp3) is 0.192. The van der Waals surface area contributed by atoms with Crippen LogP contribution >= 0.6 is 0 Å². The molecular formula is C26H26N4O7. The Morgan fingerprint density at radius 1 is 1.16 bits per heavy atom. The molecule has 0 saturated carbocycles. The number of aromatic amines is 1. The standard InChI is InChI=1S/C22H15N3O4.C4H11NO3/c23-11-18-17(16-7-9-28-13-16)10-20(19-2-1-8-24-19)25-21(18)29-12-14-3-5-15(6-4-14)22(26)27;5-4(1-6,2-7)3-8/h1-10,13,24H,12H2,(H,26,27);6-8H,1-3,5H2. The zero-order chi connectivity index (χ0) is 26.8. The molecule has 11 heteroatoms. The smallest absolute Gasteiger partial charge is 0.233 e. The van der Waals surface area contributed by atoms with Gasteiger partial charge < -0.3 is 45.1 Å². The average molecular weight is 507 g/mol. The van der Waals surface area contributed by atoms with Crippen LogP contribution in [0.15, 0.2) is 71.7 Å². The molecular weight excluding hydrogens is 480 g/mol. The lowest BCUT2D eigenvalue weighted by Crippen LogP contribution is -2.78. The number of nitriles is 1. The van der Waals surface area contributed by atoms with Crippen LogP contribution in [0.4, 0.5) is 0 Å². The summed E-state index contributed by atoms with van der Waals surface area (Å²) in [6.07, 6.45) is 4.87. The number of quaternary nitrogens is 1. The molecule has 192 valence electrons. The van der Waals surface area contributed by atoms with Gasteiger partial charge in [0.25, 0.3) is 0 Å². The topological polar surface area (TPSA) is 203 Å². The van der Waals surface area contributed by atoms with Crippen molar-refractivity contribution < 1.29 is 40.1 Å². The number of carbonyl (C=O) groups excluding carboxylic acids is 1. The van der Waals surface area contributed by atoms with Gasteiger partial charge in [-0.15, -0.1) is 0 Å². The molecule has 3 aromatic heterocycles. The summed E-state index contributed by atoms with van der Waals surface area (Å²) in [5.74, 6) is -1.06. The van der Waals surface area contributed by atoms with Crippen molar-refractivity contribution in [2.45, 2.75) is 12.1 Å². The van der Waals surface area contributed by atoms with Gasteiger partial charge in [0.05, 0.1) is 29.9 Å². The number of nitrogens with zero attached hydrogens (tertiary/aromatic N) is 2. The number of hydrogen-bond donors (Lipinski definition) is 5. The molecule has 1 aromatic carbocycles. The number of carboxylic acid groups (broad SMARTS) is 1. The van der Waals surface area contributed by atoms with Crippen LogP contribution in [-0.4, -0.2) is 56.6 Å². The van der Waals surface area contributed by atoms with E-state index in [1.807, 2.05) is 12.1 Å². The first kappa shape index (κ1) is 27.1. The Labute approximate surface area is 212 Å². The van der Waals surface area contributed by atoms with E-state index < -0.39 is 11.5 Å². The van der Waals surface area contributed by atoms with Crippen molar-refractivity contribution in [3.05, 3.63) is 83.9 Å². The number of aliphatic hydroxyl groups excluding tert-OH is 3. The number of carboxylic acids is 1. The summed E-state index contributed by atoms with van der Waals surface area (Å²) in [7, 11) is 0. The van der Waals surface area contributed by atoms with Gasteiger partial charge in [-0.3, -0.25) is 0 Å². The van der Waals surface area contributed by atoms with Gasteiger partial charge in [0.1, 0.15) is 38.1 Å². The van der Waals surface area contributed by atoms with Gasteiger partial charge in [-0.05, 0) is 35.4 Å². The Balaban J connectivity index is 0.000000414. The third-order valence-electron chi connectivity index (χ3n) is 5.38. The molecule has 4 aromatic rings. The third-order valence-corrected chi connectivity index (χ3v) is 5.38. The number of nitrogens with one attached hydrogen (secondary N) is 1. The highest BCUT2D eigenvalue weighted by Crippen LogP contribution is 2.33. The molecule has 0 saturated heterocycles. The molecule has 7 N–H and O–H groups in total. The van der Waals surface area contributed by atoms with E-state index in [0.29, 0.717) is 11.3 Å². The van der Waals surface area contributed by atoms with E-state index in [4.69, 9.17) is 24.5 Å². The second-order valence-electron chi connectivity index (χ2n) is 8.19. The zero-order valence-corrected chi connectivity index (χ0v) is 19.8. The molecule has 0 aliphatic carbocycles. The number of benzene rings is 1. The lowest BCUT2D eigenvalue weighted by atomic mass is 10.0. The maximum atomic E-state index is 10.9. The van der Waals surface area contributed by atoms with Crippen molar-refractivity contribution in [3.8, 4) is 34.5 Å². The molecule has 0 unspecified atom stereocenters. The minimum Gasteiger partial charge on any atom is -0.545 e. The molecule has 11 nitrogen and oxygen atoms in total. The lowest BCUT2D eigenvalue weighted by molar-refractivity contribution is -0.494. The first-order chi connectivity index (χ1) is 17.8. The molecule has 0 aliphatic heterocycles. The largest absolute Gasteiger partial charge is 0.545 e. The first-order valence-electron chi connectivity index (χ1n) is 11.1. The molecule has 0 fully saturated rings. The average Bonchev–Trinajstić information content (AvgIpc) is 3.67. The van der Waals surface area contributed by atoms with E-state index in [0.717, 1.165) is 16.8 Å². The summed E-state index contributed by atoms with van der Waals surface area (Å²) in [4.78, 5) is 18.5. The number of rotatable bonds is 9.